The number of methoxy groups -OCH3 is 1. The van der Waals surface area contributed by atoms with E-state index in [0.29, 0.717) is 16.6 Å². The van der Waals surface area contributed by atoms with Crippen LogP contribution in [0.15, 0.2) is 93.8 Å². The predicted molar refractivity (Wildman–Crippen MR) is 129 cm³/mol. The van der Waals surface area contributed by atoms with Gasteiger partial charge in [0.2, 0.25) is 15.9 Å². The molecule has 0 fully saturated rings. The summed E-state index contributed by atoms with van der Waals surface area (Å²) < 4.78 is 39.5. The van der Waals surface area contributed by atoms with Gasteiger partial charge < -0.3 is 14.5 Å². The van der Waals surface area contributed by atoms with E-state index in [-0.39, 0.29) is 23.1 Å². The Kier molecular flexibility index (Phi) is 7.36. The Balaban J connectivity index is 1.32. The fourth-order valence-corrected chi connectivity index (χ4v) is 4.81. The maximum atomic E-state index is 12.4. The topological polar surface area (TPSA) is 115 Å². The number of aromatic nitrogens is 2. The Morgan fingerprint density at radius 1 is 1.12 bits per heavy atom. The van der Waals surface area contributed by atoms with Crippen molar-refractivity contribution in [3.63, 3.8) is 0 Å². The first kappa shape index (κ1) is 23.6. The van der Waals surface area contributed by atoms with Crippen molar-refractivity contribution < 1.29 is 22.4 Å². The second-order valence-corrected chi connectivity index (χ2v) is 9.75. The number of carbonyl (C=O) groups is 1. The molecule has 0 bridgehead atoms. The van der Waals surface area contributed by atoms with Crippen LogP contribution in [-0.4, -0.2) is 36.7 Å². The zero-order chi connectivity index (χ0) is 24.0. The van der Waals surface area contributed by atoms with E-state index in [2.05, 4.69) is 15.0 Å². The van der Waals surface area contributed by atoms with Gasteiger partial charge >= 0.3 is 0 Å². The Morgan fingerprint density at radius 2 is 1.88 bits per heavy atom. The highest BCUT2D eigenvalue weighted by Crippen LogP contribution is 2.23. The SMILES string of the molecule is COc1ccc(-n2ccnc2SCC(=O)Nc2ccc(S(=O)(=O)NCc3ccco3)cc2)cc1. The molecule has 4 aromatic rings. The van der Waals surface area contributed by atoms with Crippen molar-refractivity contribution >= 4 is 33.4 Å². The molecule has 0 spiro atoms. The first-order valence-electron chi connectivity index (χ1n) is 10.2. The third kappa shape index (κ3) is 5.87. The van der Waals surface area contributed by atoms with Crippen molar-refractivity contribution in [3.8, 4) is 11.4 Å². The number of thioether (sulfide) groups is 1. The standard InChI is InChI=1S/C23H22N4O5S2/c1-31-19-8-6-18(7-9-19)27-13-12-24-23(27)33-16-22(28)26-17-4-10-21(11-5-17)34(29,30)25-15-20-3-2-14-32-20/h2-14,25H,15-16H2,1H3,(H,26,28). The summed E-state index contributed by atoms with van der Waals surface area (Å²) in [5.41, 5.74) is 1.40. The number of sulfonamides is 1. The van der Waals surface area contributed by atoms with Gasteiger partial charge in [0.25, 0.3) is 0 Å². The molecule has 0 radical (unpaired) electrons. The molecule has 0 saturated heterocycles. The van der Waals surface area contributed by atoms with Gasteiger partial charge in [-0.3, -0.25) is 9.36 Å². The first-order chi connectivity index (χ1) is 16.4. The van der Waals surface area contributed by atoms with E-state index in [0.717, 1.165) is 11.4 Å². The number of hydrogen-bond acceptors (Lipinski definition) is 7. The van der Waals surface area contributed by atoms with Gasteiger partial charge in [-0.2, -0.15) is 0 Å². The zero-order valence-corrected chi connectivity index (χ0v) is 19.8. The monoisotopic (exact) mass is 498 g/mol. The molecule has 2 aromatic heterocycles. The summed E-state index contributed by atoms with van der Waals surface area (Å²) in [7, 11) is -2.09. The minimum absolute atomic E-state index is 0.0529. The number of amides is 1. The van der Waals surface area contributed by atoms with Crippen LogP contribution in [0, 0.1) is 0 Å². The fraction of sp³-hybridized carbons (Fsp3) is 0.130. The van der Waals surface area contributed by atoms with Crippen LogP contribution in [0.1, 0.15) is 5.76 Å². The van der Waals surface area contributed by atoms with Gasteiger partial charge in [-0.15, -0.1) is 0 Å². The molecule has 0 unspecified atom stereocenters. The summed E-state index contributed by atoms with van der Waals surface area (Å²) in [4.78, 5) is 16.8. The summed E-state index contributed by atoms with van der Waals surface area (Å²) in [5.74, 6) is 1.17. The molecular formula is C23H22N4O5S2. The zero-order valence-electron chi connectivity index (χ0n) is 18.2. The summed E-state index contributed by atoms with van der Waals surface area (Å²) in [5, 5.41) is 3.44. The number of nitrogens with zero attached hydrogens (tertiary/aromatic N) is 2. The molecule has 2 N–H and O–H groups in total. The first-order valence-corrected chi connectivity index (χ1v) is 12.6. The molecule has 1 amide bonds. The number of ether oxygens (including phenoxy) is 1. The van der Waals surface area contributed by atoms with Crippen molar-refractivity contribution in [3.05, 3.63) is 85.1 Å². The minimum atomic E-state index is -3.70. The second-order valence-electron chi connectivity index (χ2n) is 7.04. The van der Waals surface area contributed by atoms with Gasteiger partial charge in [-0.05, 0) is 60.7 Å². The van der Waals surface area contributed by atoms with Crippen LogP contribution < -0.4 is 14.8 Å². The van der Waals surface area contributed by atoms with Crippen LogP contribution in [0.25, 0.3) is 5.69 Å². The molecular weight excluding hydrogens is 476 g/mol. The third-order valence-electron chi connectivity index (χ3n) is 4.75. The van der Waals surface area contributed by atoms with Gasteiger partial charge in [0.15, 0.2) is 5.16 Å². The molecule has 0 aliphatic heterocycles. The number of nitrogens with one attached hydrogen (secondary N) is 2. The predicted octanol–water partition coefficient (Wildman–Crippen LogP) is 3.68. The third-order valence-corrected chi connectivity index (χ3v) is 7.14. The Bertz CT molecular complexity index is 1330. The summed E-state index contributed by atoms with van der Waals surface area (Å²) >= 11 is 1.29. The summed E-state index contributed by atoms with van der Waals surface area (Å²) in [6.45, 7) is 0.0529. The molecule has 176 valence electrons. The van der Waals surface area contributed by atoms with E-state index in [1.807, 2.05) is 35.0 Å². The summed E-state index contributed by atoms with van der Waals surface area (Å²) in [6, 6.07) is 16.8. The van der Waals surface area contributed by atoms with E-state index in [1.165, 1.54) is 30.2 Å². The number of anilines is 1. The van der Waals surface area contributed by atoms with Gasteiger partial charge in [-0.25, -0.2) is 18.1 Å². The molecule has 4 rings (SSSR count). The average molecular weight is 499 g/mol. The largest absolute Gasteiger partial charge is 0.497 e. The van der Waals surface area contributed by atoms with Gasteiger partial charge in [-0.1, -0.05) is 11.8 Å². The van der Waals surface area contributed by atoms with Crippen LogP contribution in [-0.2, 0) is 21.4 Å². The Hall–Kier alpha value is -3.54. The number of carbonyl (C=O) groups excluding carboxylic acids is 1. The van der Waals surface area contributed by atoms with Crippen molar-refractivity contribution in [2.24, 2.45) is 0 Å². The number of imidazole rings is 1. The number of rotatable bonds is 10. The molecule has 0 aliphatic carbocycles. The Labute approximate surface area is 201 Å². The van der Waals surface area contributed by atoms with E-state index >= 15 is 0 Å². The van der Waals surface area contributed by atoms with Crippen molar-refractivity contribution in [2.45, 2.75) is 16.6 Å². The van der Waals surface area contributed by atoms with Crippen LogP contribution in [0.5, 0.6) is 5.75 Å². The normalized spacial score (nSPS) is 11.3. The van der Waals surface area contributed by atoms with Gasteiger partial charge in [0.05, 0.1) is 30.6 Å². The highest BCUT2D eigenvalue weighted by atomic mass is 32.2. The van der Waals surface area contributed by atoms with Crippen molar-refractivity contribution in [1.82, 2.24) is 14.3 Å². The Morgan fingerprint density at radius 3 is 2.56 bits per heavy atom. The quantitative estimate of drug-likeness (QED) is 0.321. The maximum Gasteiger partial charge on any atom is 0.240 e. The maximum absolute atomic E-state index is 12.4. The van der Waals surface area contributed by atoms with Crippen LogP contribution in [0.4, 0.5) is 5.69 Å². The molecule has 34 heavy (non-hydrogen) atoms. The molecule has 0 saturated carbocycles. The highest BCUT2D eigenvalue weighted by molar-refractivity contribution is 7.99. The molecule has 0 aliphatic rings. The lowest BCUT2D eigenvalue weighted by molar-refractivity contribution is -0.113. The molecule has 2 heterocycles. The van der Waals surface area contributed by atoms with E-state index < -0.39 is 10.0 Å². The van der Waals surface area contributed by atoms with Crippen LogP contribution >= 0.6 is 11.8 Å². The van der Waals surface area contributed by atoms with Crippen LogP contribution in [0.3, 0.4) is 0 Å². The second kappa shape index (κ2) is 10.6. The molecule has 2 aromatic carbocycles. The fourth-order valence-electron chi connectivity index (χ4n) is 3.04. The number of furan rings is 1. The summed E-state index contributed by atoms with van der Waals surface area (Å²) in [6.07, 6.45) is 4.97. The van der Waals surface area contributed by atoms with Gasteiger partial charge in [0.1, 0.15) is 11.5 Å². The lowest BCUT2D eigenvalue weighted by Crippen LogP contribution is -2.23. The lowest BCUT2D eigenvalue weighted by Gasteiger charge is -2.09. The van der Waals surface area contributed by atoms with Crippen molar-refractivity contribution in [1.29, 1.82) is 0 Å². The van der Waals surface area contributed by atoms with E-state index in [9.17, 15) is 13.2 Å². The number of benzene rings is 2. The molecule has 11 heteroatoms. The lowest BCUT2D eigenvalue weighted by atomic mass is 10.3. The molecule has 0 atom stereocenters. The molecule has 9 nitrogen and oxygen atoms in total. The smallest absolute Gasteiger partial charge is 0.240 e. The van der Waals surface area contributed by atoms with Crippen LogP contribution in [0.2, 0.25) is 0 Å². The van der Waals surface area contributed by atoms with E-state index in [4.69, 9.17) is 9.15 Å². The van der Waals surface area contributed by atoms with Gasteiger partial charge in [0, 0.05) is 23.8 Å². The number of hydrogen-bond donors (Lipinski definition) is 2. The van der Waals surface area contributed by atoms with Crippen molar-refractivity contribution in [2.75, 3.05) is 18.2 Å². The average Bonchev–Trinajstić information content (AvgIpc) is 3.54. The minimum Gasteiger partial charge on any atom is -0.497 e. The highest BCUT2D eigenvalue weighted by Gasteiger charge is 2.15. The van der Waals surface area contributed by atoms with E-state index in [1.54, 1.807) is 37.6 Å².